The number of nitrogens with zero attached hydrogens (tertiary/aromatic N) is 6. The summed E-state index contributed by atoms with van der Waals surface area (Å²) >= 11 is 0. The zero-order chi connectivity index (χ0) is 19.1. The summed E-state index contributed by atoms with van der Waals surface area (Å²) in [5.41, 5.74) is 3.67. The van der Waals surface area contributed by atoms with Crippen molar-refractivity contribution in [3.63, 3.8) is 0 Å². The van der Waals surface area contributed by atoms with E-state index in [1.54, 1.807) is 6.33 Å². The fourth-order valence-corrected chi connectivity index (χ4v) is 4.81. The minimum Gasteiger partial charge on any atom is -0.372 e. The molecule has 0 amide bonds. The highest BCUT2D eigenvalue weighted by atomic mass is 16.5. The van der Waals surface area contributed by atoms with E-state index in [1.165, 1.54) is 36.9 Å². The van der Waals surface area contributed by atoms with Crippen molar-refractivity contribution in [2.75, 3.05) is 31.1 Å². The van der Waals surface area contributed by atoms with Crippen molar-refractivity contribution in [2.45, 2.75) is 57.2 Å². The Kier molecular flexibility index (Phi) is 4.80. The van der Waals surface area contributed by atoms with E-state index in [0.29, 0.717) is 12.1 Å². The van der Waals surface area contributed by atoms with Gasteiger partial charge in [0, 0.05) is 68.2 Å². The predicted molar refractivity (Wildman–Crippen MR) is 107 cm³/mol. The third-order valence-electron chi connectivity index (χ3n) is 6.47. The number of hydrogen-bond donors (Lipinski definition) is 0. The van der Waals surface area contributed by atoms with Gasteiger partial charge in [0.25, 0.3) is 0 Å². The molecule has 2 aromatic heterocycles. The Labute approximate surface area is 166 Å². The second-order valence-corrected chi connectivity index (χ2v) is 8.47. The zero-order valence-electron chi connectivity index (χ0n) is 16.9. The van der Waals surface area contributed by atoms with Crippen LogP contribution >= 0.6 is 0 Å². The summed E-state index contributed by atoms with van der Waals surface area (Å²) in [6, 6.07) is 3.40. The van der Waals surface area contributed by atoms with Crippen LogP contribution in [0, 0.1) is 6.92 Å². The summed E-state index contributed by atoms with van der Waals surface area (Å²) in [6.45, 7) is 6.06. The van der Waals surface area contributed by atoms with E-state index in [9.17, 15) is 0 Å². The third-order valence-corrected chi connectivity index (χ3v) is 6.47. The standard InChI is InChI=1S/C21H30N6O/c1-15-11-21(23-14-22-15)27(16-3-4-16)17-5-8-26(9-6-17)13-20-18-12-24-25(2)19(18)7-10-28-20/h11-12,14,16-17,20H,3-10,13H2,1-2H3. The Morgan fingerprint density at radius 3 is 2.68 bits per heavy atom. The van der Waals surface area contributed by atoms with E-state index in [2.05, 4.69) is 37.9 Å². The topological polar surface area (TPSA) is 59.3 Å². The Bertz CT molecular complexity index is 824. The van der Waals surface area contributed by atoms with Gasteiger partial charge in [0.2, 0.25) is 0 Å². The number of hydrogen-bond acceptors (Lipinski definition) is 6. The van der Waals surface area contributed by atoms with Crippen LogP contribution in [-0.2, 0) is 18.2 Å². The smallest absolute Gasteiger partial charge is 0.132 e. The Morgan fingerprint density at radius 1 is 1.14 bits per heavy atom. The number of piperidine rings is 1. The van der Waals surface area contributed by atoms with Crippen LogP contribution in [-0.4, -0.2) is 63.0 Å². The van der Waals surface area contributed by atoms with Gasteiger partial charge < -0.3 is 14.5 Å². The fraction of sp³-hybridized carbons (Fsp3) is 0.667. The first-order valence-electron chi connectivity index (χ1n) is 10.6. The van der Waals surface area contributed by atoms with Crippen LogP contribution in [0.4, 0.5) is 5.82 Å². The molecular formula is C21H30N6O. The molecule has 1 aliphatic carbocycles. The SMILES string of the molecule is Cc1cc(N(C2CC2)C2CCN(CC3OCCc4c3cnn4C)CC2)ncn1. The molecule has 0 bridgehead atoms. The van der Waals surface area contributed by atoms with E-state index >= 15 is 0 Å². The summed E-state index contributed by atoms with van der Waals surface area (Å²) < 4.78 is 8.11. The molecule has 1 saturated carbocycles. The highest BCUT2D eigenvalue weighted by molar-refractivity contribution is 5.43. The molecule has 7 nitrogen and oxygen atoms in total. The molecule has 0 N–H and O–H groups in total. The molecule has 0 aromatic carbocycles. The van der Waals surface area contributed by atoms with E-state index < -0.39 is 0 Å². The molecule has 2 aliphatic heterocycles. The van der Waals surface area contributed by atoms with Crippen molar-refractivity contribution < 1.29 is 4.74 Å². The van der Waals surface area contributed by atoms with Crippen molar-refractivity contribution in [3.8, 4) is 0 Å². The molecule has 3 aliphatic rings. The lowest BCUT2D eigenvalue weighted by Crippen LogP contribution is -2.47. The monoisotopic (exact) mass is 382 g/mol. The lowest BCUT2D eigenvalue weighted by Gasteiger charge is -2.40. The summed E-state index contributed by atoms with van der Waals surface area (Å²) in [7, 11) is 2.04. The fourth-order valence-electron chi connectivity index (χ4n) is 4.81. The quantitative estimate of drug-likeness (QED) is 0.791. The molecule has 150 valence electrons. The molecule has 7 heteroatoms. The number of aryl methyl sites for hydroxylation is 2. The van der Waals surface area contributed by atoms with Gasteiger partial charge in [-0.25, -0.2) is 9.97 Å². The minimum absolute atomic E-state index is 0.165. The molecule has 28 heavy (non-hydrogen) atoms. The van der Waals surface area contributed by atoms with Crippen molar-refractivity contribution in [1.82, 2.24) is 24.6 Å². The van der Waals surface area contributed by atoms with Crippen LogP contribution < -0.4 is 4.90 Å². The first-order valence-corrected chi connectivity index (χ1v) is 10.6. The number of anilines is 1. The zero-order valence-corrected chi connectivity index (χ0v) is 16.9. The maximum atomic E-state index is 6.10. The molecule has 5 rings (SSSR count). The normalized spacial score (nSPS) is 23.6. The average molecular weight is 383 g/mol. The maximum Gasteiger partial charge on any atom is 0.132 e. The van der Waals surface area contributed by atoms with Gasteiger partial charge in [-0.3, -0.25) is 4.68 Å². The lowest BCUT2D eigenvalue weighted by molar-refractivity contribution is 0.00998. The van der Waals surface area contributed by atoms with Gasteiger partial charge in [0.05, 0.1) is 18.9 Å². The molecule has 2 aromatic rings. The van der Waals surface area contributed by atoms with E-state index in [-0.39, 0.29) is 6.10 Å². The summed E-state index contributed by atoms with van der Waals surface area (Å²) in [5.74, 6) is 1.11. The molecule has 2 fully saturated rings. The average Bonchev–Trinajstić information content (AvgIpc) is 3.46. The first kappa shape index (κ1) is 18.1. The Hall–Kier alpha value is -1.99. The lowest BCUT2D eigenvalue weighted by atomic mass is 10.00. The highest BCUT2D eigenvalue weighted by Crippen LogP contribution is 2.36. The van der Waals surface area contributed by atoms with Gasteiger partial charge in [-0.1, -0.05) is 0 Å². The van der Waals surface area contributed by atoms with Gasteiger partial charge in [-0.2, -0.15) is 5.10 Å². The van der Waals surface area contributed by atoms with Crippen LogP contribution in [0.25, 0.3) is 0 Å². The van der Waals surface area contributed by atoms with Crippen molar-refractivity contribution >= 4 is 5.82 Å². The summed E-state index contributed by atoms with van der Waals surface area (Å²) in [5, 5.41) is 4.44. The highest BCUT2D eigenvalue weighted by Gasteiger charge is 2.37. The van der Waals surface area contributed by atoms with E-state index in [1.807, 2.05) is 17.9 Å². The molecular weight excluding hydrogens is 352 g/mol. The Balaban J connectivity index is 1.23. The predicted octanol–water partition coefficient (Wildman–Crippen LogP) is 2.27. The third kappa shape index (κ3) is 3.53. The van der Waals surface area contributed by atoms with Crippen LogP contribution in [0.2, 0.25) is 0 Å². The van der Waals surface area contributed by atoms with Crippen molar-refractivity contribution in [3.05, 3.63) is 35.5 Å². The number of rotatable bonds is 5. The van der Waals surface area contributed by atoms with Crippen LogP contribution in [0.3, 0.4) is 0 Å². The van der Waals surface area contributed by atoms with E-state index in [0.717, 1.165) is 44.2 Å². The Morgan fingerprint density at radius 2 is 1.93 bits per heavy atom. The summed E-state index contributed by atoms with van der Waals surface area (Å²) in [4.78, 5) is 14.0. The summed E-state index contributed by atoms with van der Waals surface area (Å²) in [6.07, 6.45) is 9.81. The number of aromatic nitrogens is 4. The molecule has 1 saturated heterocycles. The molecule has 0 radical (unpaired) electrons. The largest absolute Gasteiger partial charge is 0.372 e. The van der Waals surface area contributed by atoms with Gasteiger partial charge in [-0.05, 0) is 32.6 Å². The number of fused-ring (bicyclic) bond motifs is 1. The molecule has 0 spiro atoms. The number of likely N-dealkylation sites (tertiary alicyclic amines) is 1. The van der Waals surface area contributed by atoms with Gasteiger partial charge in [-0.15, -0.1) is 0 Å². The van der Waals surface area contributed by atoms with Crippen LogP contribution in [0.5, 0.6) is 0 Å². The van der Waals surface area contributed by atoms with Crippen LogP contribution in [0.1, 0.15) is 48.7 Å². The van der Waals surface area contributed by atoms with E-state index in [4.69, 9.17) is 4.74 Å². The van der Waals surface area contributed by atoms with Gasteiger partial charge >= 0.3 is 0 Å². The van der Waals surface area contributed by atoms with Gasteiger partial charge in [0.1, 0.15) is 12.1 Å². The molecule has 4 heterocycles. The van der Waals surface area contributed by atoms with Crippen molar-refractivity contribution in [1.29, 1.82) is 0 Å². The van der Waals surface area contributed by atoms with Gasteiger partial charge in [0.15, 0.2) is 0 Å². The first-order chi connectivity index (χ1) is 13.7. The number of ether oxygens (including phenoxy) is 1. The van der Waals surface area contributed by atoms with Crippen LogP contribution in [0.15, 0.2) is 18.6 Å². The minimum atomic E-state index is 0.165. The molecule has 1 unspecified atom stereocenters. The second-order valence-electron chi connectivity index (χ2n) is 8.47. The molecule has 1 atom stereocenters. The maximum absolute atomic E-state index is 6.10. The van der Waals surface area contributed by atoms with Crippen molar-refractivity contribution in [2.24, 2.45) is 7.05 Å². The second kappa shape index (κ2) is 7.44.